The molecule has 11 heteroatoms. The lowest BCUT2D eigenvalue weighted by Crippen LogP contribution is -2.60. The number of hydrogen-bond donors (Lipinski definition) is 6. The number of esters is 1. The summed E-state index contributed by atoms with van der Waals surface area (Å²) in [5.74, 6) is -0.200. The predicted molar refractivity (Wildman–Crippen MR) is 333 cm³/mol. The zero-order valence-corrected chi connectivity index (χ0v) is 51.5. The zero-order valence-electron chi connectivity index (χ0n) is 51.5. The van der Waals surface area contributed by atoms with E-state index in [1.165, 1.54) is 212 Å². The second kappa shape index (κ2) is 58.1. The van der Waals surface area contributed by atoms with E-state index in [4.69, 9.17) is 14.2 Å². The molecule has 1 fully saturated rings. The fourth-order valence-electron chi connectivity index (χ4n) is 10.3. The Labute approximate surface area is 490 Å². The van der Waals surface area contributed by atoms with Crippen molar-refractivity contribution in [2.75, 3.05) is 19.8 Å². The Balaban J connectivity index is 1.93. The summed E-state index contributed by atoms with van der Waals surface area (Å²) in [5.41, 5.74) is 0. The van der Waals surface area contributed by atoms with E-state index in [0.717, 1.165) is 64.2 Å². The minimum Gasteiger partial charge on any atom is -0.466 e. The summed E-state index contributed by atoms with van der Waals surface area (Å²) in [6, 6.07) is -0.833. The minimum atomic E-state index is -1.58. The van der Waals surface area contributed by atoms with Crippen LogP contribution in [0.15, 0.2) is 60.8 Å². The van der Waals surface area contributed by atoms with Gasteiger partial charge in [0, 0.05) is 12.8 Å². The van der Waals surface area contributed by atoms with E-state index < -0.39 is 49.5 Å². The zero-order chi connectivity index (χ0) is 58.0. The molecule has 1 amide bonds. The molecule has 0 aromatic rings. The molecular weight excluding hydrogens is 1000 g/mol. The van der Waals surface area contributed by atoms with Crippen molar-refractivity contribution in [1.29, 1.82) is 0 Å². The molecule has 1 aliphatic heterocycles. The van der Waals surface area contributed by atoms with Gasteiger partial charge in [0.05, 0.1) is 32.0 Å². The van der Waals surface area contributed by atoms with Crippen molar-refractivity contribution in [3.05, 3.63) is 60.8 Å². The summed E-state index contributed by atoms with van der Waals surface area (Å²) in [7, 11) is 0. The number of rotatable bonds is 58. The van der Waals surface area contributed by atoms with Crippen LogP contribution in [0.2, 0.25) is 0 Å². The Morgan fingerprint density at radius 1 is 0.475 bits per heavy atom. The molecule has 1 heterocycles. The van der Waals surface area contributed by atoms with Gasteiger partial charge in [0.1, 0.15) is 24.4 Å². The average molecular weight is 1130 g/mol. The standard InChI is InChI=1S/C69H125NO10/c1-3-5-7-9-11-13-14-33-37-41-45-49-53-57-65(74)78-58-54-50-46-42-38-35-32-30-28-26-24-22-20-18-16-15-17-19-21-23-25-27-29-31-34-36-40-44-48-52-56-64(73)70-61(62(72)55-51-47-43-39-12-10-8-6-4-2)60-79-69-68(77)67(76)66(75)63(59-71)80-69/h4,6,12-14,16,18,39,51,55,61-63,66-69,71-72,75-77H,3,5,7-11,15,17,19-38,40-50,52-54,56-60H2,1-2H3,(H,70,73)/b6-4+,14-13-,18-16-,39-12+,55-51+. The molecule has 1 aliphatic rings. The normalized spacial score (nSPS) is 18.7. The van der Waals surface area contributed by atoms with E-state index in [9.17, 15) is 35.1 Å². The molecule has 1 saturated heterocycles. The van der Waals surface area contributed by atoms with Crippen molar-refractivity contribution in [1.82, 2.24) is 5.32 Å². The van der Waals surface area contributed by atoms with Crippen LogP contribution in [0.4, 0.5) is 0 Å². The van der Waals surface area contributed by atoms with Gasteiger partial charge in [0.15, 0.2) is 6.29 Å². The summed E-state index contributed by atoms with van der Waals surface area (Å²) in [5, 5.41) is 54.2. The van der Waals surface area contributed by atoms with Crippen LogP contribution in [-0.2, 0) is 23.8 Å². The van der Waals surface area contributed by atoms with Gasteiger partial charge in [-0.05, 0) is 103 Å². The SMILES string of the molecule is C/C=C/CC/C=C/CC/C=C/C(O)C(COC1OC(CO)C(O)C(O)C1O)NC(=O)CCCCCCCCCCCCCCCC/C=C\CCCCCCCCCCCCCCOC(=O)CCCCCCC/C=C\CCCCCC. The smallest absolute Gasteiger partial charge is 0.305 e. The second-order valence-electron chi connectivity index (χ2n) is 23.2. The van der Waals surface area contributed by atoms with Crippen LogP contribution in [0.1, 0.15) is 303 Å². The highest BCUT2D eigenvalue weighted by molar-refractivity contribution is 5.76. The third-order valence-electron chi connectivity index (χ3n) is 15.6. The minimum absolute atomic E-state index is 0.00141. The number of carbonyl (C=O) groups excluding carboxylic acids is 2. The molecule has 466 valence electrons. The monoisotopic (exact) mass is 1130 g/mol. The highest BCUT2D eigenvalue weighted by Crippen LogP contribution is 2.23. The quantitative estimate of drug-likeness (QED) is 0.0195. The van der Waals surface area contributed by atoms with Crippen LogP contribution in [-0.4, -0.2) is 100 Å². The van der Waals surface area contributed by atoms with Gasteiger partial charge in [0.25, 0.3) is 0 Å². The number of unbranched alkanes of at least 4 members (excludes halogenated alkanes) is 37. The third-order valence-corrected chi connectivity index (χ3v) is 15.6. The Kier molecular flexibility index (Phi) is 54.8. The lowest BCUT2D eigenvalue weighted by molar-refractivity contribution is -0.302. The van der Waals surface area contributed by atoms with Gasteiger partial charge < -0.3 is 45.1 Å². The van der Waals surface area contributed by atoms with Crippen molar-refractivity contribution in [3.8, 4) is 0 Å². The van der Waals surface area contributed by atoms with E-state index in [2.05, 4.69) is 54.8 Å². The molecule has 80 heavy (non-hydrogen) atoms. The molecule has 0 aromatic heterocycles. The topological polar surface area (TPSA) is 175 Å². The molecule has 11 nitrogen and oxygen atoms in total. The van der Waals surface area contributed by atoms with Crippen LogP contribution >= 0.6 is 0 Å². The summed E-state index contributed by atoms with van der Waals surface area (Å²) in [6.07, 6.45) is 66.7. The molecule has 0 aromatic carbocycles. The van der Waals surface area contributed by atoms with Gasteiger partial charge in [-0.1, -0.05) is 247 Å². The van der Waals surface area contributed by atoms with Crippen LogP contribution in [0.5, 0.6) is 0 Å². The number of carbonyl (C=O) groups is 2. The van der Waals surface area contributed by atoms with E-state index in [0.29, 0.717) is 19.4 Å². The molecule has 7 atom stereocenters. The molecule has 0 bridgehead atoms. The van der Waals surface area contributed by atoms with Gasteiger partial charge in [-0.3, -0.25) is 9.59 Å². The predicted octanol–water partition coefficient (Wildman–Crippen LogP) is 16.6. The Bertz CT molecular complexity index is 1510. The van der Waals surface area contributed by atoms with Crippen molar-refractivity contribution in [2.45, 2.75) is 346 Å². The van der Waals surface area contributed by atoms with E-state index in [1.54, 1.807) is 6.08 Å². The largest absolute Gasteiger partial charge is 0.466 e. The molecule has 0 saturated carbocycles. The van der Waals surface area contributed by atoms with E-state index >= 15 is 0 Å². The third kappa shape index (κ3) is 46.8. The van der Waals surface area contributed by atoms with Gasteiger partial charge in [-0.25, -0.2) is 0 Å². The summed E-state index contributed by atoms with van der Waals surface area (Å²) < 4.78 is 16.7. The van der Waals surface area contributed by atoms with Crippen LogP contribution in [0.25, 0.3) is 0 Å². The van der Waals surface area contributed by atoms with E-state index in [1.807, 2.05) is 19.1 Å². The molecule has 6 N–H and O–H groups in total. The number of aliphatic hydroxyl groups is 5. The van der Waals surface area contributed by atoms with Crippen LogP contribution in [0, 0.1) is 0 Å². The fraction of sp³-hybridized carbons (Fsp3) is 0.826. The first kappa shape index (κ1) is 75.4. The molecule has 0 radical (unpaired) electrons. The fourth-order valence-corrected chi connectivity index (χ4v) is 10.3. The first-order valence-electron chi connectivity index (χ1n) is 33.5. The van der Waals surface area contributed by atoms with Gasteiger partial charge in [-0.2, -0.15) is 0 Å². The maximum absolute atomic E-state index is 13.0. The molecule has 0 aliphatic carbocycles. The van der Waals surface area contributed by atoms with Crippen molar-refractivity contribution in [3.63, 3.8) is 0 Å². The van der Waals surface area contributed by atoms with Gasteiger partial charge in [0.2, 0.25) is 5.91 Å². The number of hydrogen-bond acceptors (Lipinski definition) is 10. The van der Waals surface area contributed by atoms with Crippen molar-refractivity contribution >= 4 is 11.9 Å². The molecular formula is C69H125NO10. The van der Waals surface area contributed by atoms with Crippen LogP contribution < -0.4 is 5.32 Å². The molecule has 1 rings (SSSR count). The average Bonchev–Trinajstić information content (AvgIpc) is 3.45. The number of ether oxygens (including phenoxy) is 3. The number of nitrogens with one attached hydrogen (secondary N) is 1. The highest BCUT2D eigenvalue weighted by atomic mass is 16.7. The number of amides is 1. The van der Waals surface area contributed by atoms with Gasteiger partial charge >= 0.3 is 5.97 Å². The second-order valence-corrected chi connectivity index (χ2v) is 23.2. The maximum atomic E-state index is 13.0. The first-order chi connectivity index (χ1) is 39.2. The van der Waals surface area contributed by atoms with Crippen LogP contribution in [0.3, 0.4) is 0 Å². The van der Waals surface area contributed by atoms with Crippen molar-refractivity contribution < 1.29 is 49.3 Å². The number of aliphatic hydroxyl groups excluding tert-OH is 5. The summed E-state index contributed by atoms with van der Waals surface area (Å²) in [6.45, 7) is 4.08. The van der Waals surface area contributed by atoms with Crippen molar-refractivity contribution in [2.24, 2.45) is 0 Å². The first-order valence-corrected chi connectivity index (χ1v) is 33.5. The Morgan fingerprint density at radius 3 is 1.31 bits per heavy atom. The van der Waals surface area contributed by atoms with Gasteiger partial charge in [-0.15, -0.1) is 0 Å². The lowest BCUT2D eigenvalue weighted by Gasteiger charge is -2.40. The maximum Gasteiger partial charge on any atom is 0.305 e. The van der Waals surface area contributed by atoms with E-state index in [-0.39, 0.29) is 18.5 Å². The number of allylic oxidation sites excluding steroid dienone is 9. The summed E-state index contributed by atoms with van der Waals surface area (Å²) >= 11 is 0. The molecule has 0 spiro atoms. The lowest BCUT2D eigenvalue weighted by atomic mass is 9.99. The molecule has 7 unspecified atom stereocenters. The highest BCUT2D eigenvalue weighted by Gasteiger charge is 2.44. The Hall–Kier alpha value is -2.64. The Morgan fingerprint density at radius 2 is 0.863 bits per heavy atom. The summed E-state index contributed by atoms with van der Waals surface area (Å²) in [4.78, 5) is 25.0.